The number of urea groups is 1. The highest BCUT2D eigenvalue weighted by Gasteiger charge is 2.12. The van der Waals surface area contributed by atoms with Gasteiger partial charge in [-0.15, -0.1) is 0 Å². The molecule has 0 spiro atoms. The van der Waals surface area contributed by atoms with Gasteiger partial charge in [-0.05, 0) is 5.92 Å². The molecule has 12 heavy (non-hydrogen) atoms. The predicted molar refractivity (Wildman–Crippen MR) is 53.3 cm³/mol. The van der Waals surface area contributed by atoms with Crippen LogP contribution >= 0.6 is 0 Å². The van der Waals surface area contributed by atoms with E-state index in [0.29, 0.717) is 0 Å². The minimum atomic E-state index is 0. The summed E-state index contributed by atoms with van der Waals surface area (Å²) < 4.78 is 0. The standard InChI is InChI=1S/C4H8N2O.C4H10.CH4/c1-6-3-2-5-4(6)7;1-4(2)3;/h2-3H2,1H3,(H,5,7);4H,1-3H3;1H4. The Morgan fingerprint density at radius 1 is 1.42 bits per heavy atom. The van der Waals surface area contributed by atoms with E-state index in [1.165, 1.54) is 0 Å². The first kappa shape index (κ1) is 13.8. The molecule has 1 fully saturated rings. The Labute approximate surface area is 76.1 Å². The van der Waals surface area contributed by atoms with Crippen molar-refractivity contribution in [3.63, 3.8) is 0 Å². The molecule has 1 aliphatic heterocycles. The molecule has 0 aromatic carbocycles. The van der Waals surface area contributed by atoms with E-state index >= 15 is 0 Å². The fourth-order valence-electron chi connectivity index (χ4n) is 0.567. The van der Waals surface area contributed by atoms with Crippen LogP contribution in [0.3, 0.4) is 0 Å². The van der Waals surface area contributed by atoms with Gasteiger partial charge in [0.05, 0.1) is 0 Å². The molecule has 3 heteroatoms. The summed E-state index contributed by atoms with van der Waals surface area (Å²) in [7, 11) is 1.78. The van der Waals surface area contributed by atoms with Crippen LogP contribution in [0.15, 0.2) is 0 Å². The Bertz CT molecular complexity index is 121. The molecule has 0 aliphatic carbocycles. The number of amides is 2. The van der Waals surface area contributed by atoms with Crippen LogP contribution in [0.1, 0.15) is 28.2 Å². The molecule has 1 N–H and O–H groups in total. The average molecular weight is 174 g/mol. The summed E-state index contributed by atoms with van der Waals surface area (Å²) in [5.41, 5.74) is 0. The first-order valence-corrected chi connectivity index (χ1v) is 4.03. The Kier molecular flexibility index (Phi) is 8.01. The van der Waals surface area contributed by atoms with Crippen molar-refractivity contribution in [2.24, 2.45) is 5.92 Å². The highest BCUT2D eigenvalue weighted by Crippen LogP contribution is 1.88. The molecule has 1 heterocycles. The lowest BCUT2D eigenvalue weighted by molar-refractivity contribution is 0.226. The zero-order valence-corrected chi connectivity index (χ0v) is 7.85. The highest BCUT2D eigenvalue weighted by atomic mass is 16.2. The molecule has 0 atom stereocenters. The largest absolute Gasteiger partial charge is 0.336 e. The maximum Gasteiger partial charge on any atom is 0.317 e. The fraction of sp³-hybridized carbons (Fsp3) is 0.889. The molecule has 0 radical (unpaired) electrons. The second-order valence-electron chi connectivity index (χ2n) is 3.39. The number of hydrogen-bond donors (Lipinski definition) is 1. The van der Waals surface area contributed by atoms with E-state index in [-0.39, 0.29) is 13.5 Å². The second kappa shape index (κ2) is 6.95. The number of nitrogens with zero attached hydrogens (tertiary/aromatic N) is 1. The van der Waals surface area contributed by atoms with Gasteiger partial charge in [0, 0.05) is 20.1 Å². The zero-order valence-electron chi connectivity index (χ0n) is 7.85. The van der Waals surface area contributed by atoms with Gasteiger partial charge in [-0.2, -0.15) is 0 Å². The maximum atomic E-state index is 10.4. The summed E-state index contributed by atoms with van der Waals surface area (Å²) in [6.45, 7) is 8.15. The summed E-state index contributed by atoms with van der Waals surface area (Å²) in [4.78, 5) is 12.0. The summed E-state index contributed by atoms with van der Waals surface area (Å²) in [6.07, 6.45) is 0. The summed E-state index contributed by atoms with van der Waals surface area (Å²) in [5.74, 6) is 0.833. The number of rotatable bonds is 0. The molecule has 0 aromatic heterocycles. The van der Waals surface area contributed by atoms with E-state index in [4.69, 9.17) is 0 Å². The van der Waals surface area contributed by atoms with Gasteiger partial charge < -0.3 is 10.2 Å². The van der Waals surface area contributed by atoms with Crippen LogP contribution in [-0.4, -0.2) is 31.1 Å². The third kappa shape index (κ3) is 7.38. The van der Waals surface area contributed by atoms with Gasteiger partial charge >= 0.3 is 6.03 Å². The normalized spacial score (nSPS) is 14.8. The number of hydrogen-bond acceptors (Lipinski definition) is 1. The van der Waals surface area contributed by atoms with Crippen molar-refractivity contribution < 1.29 is 4.79 Å². The Hall–Kier alpha value is -0.730. The average Bonchev–Trinajstić information content (AvgIpc) is 2.15. The molecule has 2 amide bonds. The molecular formula is C9H22N2O. The van der Waals surface area contributed by atoms with Crippen LogP contribution in [0.4, 0.5) is 4.79 Å². The lowest BCUT2D eigenvalue weighted by Gasteiger charge is -2.01. The Balaban J connectivity index is 0. The van der Waals surface area contributed by atoms with Crippen LogP contribution < -0.4 is 5.32 Å². The monoisotopic (exact) mass is 174 g/mol. The molecule has 1 rings (SSSR count). The van der Waals surface area contributed by atoms with Crippen molar-refractivity contribution in [1.29, 1.82) is 0 Å². The lowest BCUT2D eigenvalue weighted by Crippen LogP contribution is -2.23. The van der Waals surface area contributed by atoms with Gasteiger partial charge in [-0.3, -0.25) is 0 Å². The predicted octanol–water partition coefficient (Wildman–Crippen LogP) is 1.94. The van der Waals surface area contributed by atoms with Crippen LogP contribution in [0.5, 0.6) is 0 Å². The fourth-order valence-corrected chi connectivity index (χ4v) is 0.567. The third-order valence-electron chi connectivity index (χ3n) is 1.07. The maximum absolute atomic E-state index is 10.4. The van der Waals surface area contributed by atoms with E-state index in [2.05, 4.69) is 26.1 Å². The van der Waals surface area contributed by atoms with Gasteiger partial charge in [0.25, 0.3) is 0 Å². The van der Waals surface area contributed by atoms with Gasteiger partial charge in [0.15, 0.2) is 0 Å². The van der Waals surface area contributed by atoms with Crippen molar-refractivity contribution in [3.8, 4) is 0 Å². The molecule has 0 saturated carbocycles. The number of nitrogens with one attached hydrogen (secondary N) is 1. The van der Waals surface area contributed by atoms with Gasteiger partial charge in [-0.25, -0.2) is 4.79 Å². The summed E-state index contributed by atoms with van der Waals surface area (Å²) in [5, 5.41) is 2.66. The summed E-state index contributed by atoms with van der Waals surface area (Å²) in [6, 6.07) is 0.0417. The first-order chi connectivity index (χ1) is 5.04. The molecule has 74 valence electrons. The topological polar surface area (TPSA) is 32.3 Å². The molecule has 1 aliphatic rings. The van der Waals surface area contributed by atoms with Crippen molar-refractivity contribution in [2.45, 2.75) is 28.2 Å². The molecule has 1 saturated heterocycles. The molecule has 0 bridgehead atoms. The minimum absolute atomic E-state index is 0. The lowest BCUT2D eigenvalue weighted by atomic mass is 10.3. The van der Waals surface area contributed by atoms with Crippen LogP contribution in [0, 0.1) is 5.92 Å². The zero-order chi connectivity index (χ0) is 8.85. The van der Waals surface area contributed by atoms with E-state index < -0.39 is 0 Å². The number of carbonyl (C=O) groups is 1. The third-order valence-corrected chi connectivity index (χ3v) is 1.07. The number of likely N-dealkylation sites (N-methyl/N-ethyl adjacent to an activating group) is 1. The van der Waals surface area contributed by atoms with Crippen LogP contribution in [0.25, 0.3) is 0 Å². The highest BCUT2D eigenvalue weighted by molar-refractivity contribution is 5.75. The van der Waals surface area contributed by atoms with E-state index in [1.54, 1.807) is 11.9 Å². The SMILES string of the molecule is C.CC(C)C.CN1CCNC1=O. The number of carbonyl (C=O) groups excluding carboxylic acids is 1. The first-order valence-electron chi connectivity index (χ1n) is 4.03. The van der Waals surface area contributed by atoms with Crippen LogP contribution in [-0.2, 0) is 0 Å². The quantitative estimate of drug-likeness (QED) is 0.598. The Morgan fingerprint density at radius 2 is 1.83 bits per heavy atom. The Morgan fingerprint density at radius 3 is 1.92 bits per heavy atom. The van der Waals surface area contributed by atoms with Crippen LogP contribution in [0.2, 0.25) is 0 Å². The van der Waals surface area contributed by atoms with Gasteiger partial charge in [0.1, 0.15) is 0 Å². The molecule has 3 nitrogen and oxygen atoms in total. The van der Waals surface area contributed by atoms with Crippen molar-refractivity contribution in [1.82, 2.24) is 10.2 Å². The van der Waals surface area contributed by atoms with E-state index in [1.807, 2.05) is 0 Å². The van der Waals surface area contributed by atoms with E-state index in [0.717, 1.165) is 19.0 Å². The van der Waals surface area contributed by atoms with Crippen molar-refractivity contribution in [3.05, 3.63) is 0 Å². The van der Waals surface area contributed by atoms with E-state index in [9.17, 15) is 4.79 Å². The second-order valence-corrected chi connectivity index (χ2v) is 3.39. The smallest absolute Gasteiger partial charge is 0.317 e. The van der Waals surface area contributed by atoms with Gasteiger partial charge in [0.2, 0.25) is 0 Å². The molecular weight excluding hydrogens is 152 g/mol. The van der Waals surface area contributed by atoms with Gasteiger partial charge in [-0.1, -0.05) is 28.2 Å². The molecule has 0 aromatic rings. The van der Waals surface area contributed by atoms with Crippen molar-refractivity contribution in [2.75, 3.05) is 20.1 Å². The minimum Gasteiger partial charge on any atom is -0.336 e. The summed E-state index contributed by atoms with van der Waals surface area (Å²) >= 11 is 0. The molecule has 0 unspecified atom stereocenters. The van der Waals surface area contributed by atoms with Crippen molar-refractivity contribution >= 4 is 6.03 Å².